The summed E-state index contributed by atoms with van der Waals surface area (Å²) in [6.07, 6.45) is 2.33. The molecule has 7 nitrogen and oxygen atoms in total. The molecule has 0 aromatic carbocycles. The van der Waals surface area contributed by atoms with E-state index in [1.165, 1.54) is 6.20 Å². The number of amides is 1. The van der Waals surface area contributed by atoms with Crippen LogP contribution in [0.5, 0.6) is 0 Å². The summed E-state index contributed by atoms with van der Waals surface area (Å²) in [5.74, 6) is -2.86. The lowest BCUT2D eigenvalue weighted by atomic mass is 9.72. The summed E-state index contributed by atoms with van der Waals surface area (Å²) in [4.78, 5) is 34.3. The number of hydrogen-bond acceptors (Lipinski definition) is 4. The van der Waals surface area contributed by atoms with Gasteiger partial charge in [-0.25, -0.2) is 22.8 Å². The van der Waals surface area contributed by atoms with Gasteiger partial charge in [0, 0.05) is 31.2 Å². The van der Waals surface area contributed by atoms with Crippen LogP contribution in [-0.4, -0.2) is 55.7 Å². The maximum absolute atomic E-state index is 13.5. The van der Waals surface area contributed by atoms with E-state index in [0.717, 1.165) is 0 Å². The number of likely N-dealkylation sites (tertiary alicyclic amines) is 1. The second-order valence-corrected chi connectivity index (χ2v) is 8.83. The molecule has 1 aliphatic heterocycles. The van der Waals surface area contributed by atoms with Crippen LogP contribution in [0.25, 0.3) is 11.0 Å². The van der Waals surface area contributed by atoms with Crippen LogP contribution in [0.1, 0.15) is 62.7 Å². The number of aromatic nitrogens is 4. The number of carbonyl (C=O) groups is 1. The van der Waals surface area contributed by atoms with Crippen molar-refractivity contribution in [3.63, 3.8) is 0 Å². The van der Waals surface area contributed by atoms with E-state index in [2.05, 4.69) is 15.1 Å². The quantitative estimate of drug-likeness (QED) is 0.823. The number of hydrogen-bond donors (Lipinski definition) is 1. The number of nitrogens with zero attached hydrogens (tertiary/aromatic N) is 4. The normalized spacial score (nSPS) is 29.3. The molecule has 3 fully saturated rings. The molecule has 3 aliphatic rings. The zero-order valence-corrected chi connectivity index (χ0v) is 16.5. The highest BCUT2D eigenvalue weighted by Gasteiger charge is 2.43. The molecule has 3 heterocycles. The first kappa shape index (κ1) is 19.6. The Morgan fingerprint density at radius 3 is 2.57 bits per heavy atom. The smallest absolute Gasteiger partial charge is 0.262 e. The van der Waals surface area contributed by atoms with Crippen LogP contribution in [0.3, 0.4) is 0 Å². The van der Waals surface area contributed by atoms with E-state index in [9.17, 15) is 22.8 Å². The monoisotopic (exact) mass is 423 g/mol. The first-order valence-corrected chi connectivity index (χ1v) is 10.6. The van der Waals surface area contributed by atoms with Crippen molar-refractivity contribution >= 4 is 16.9 Å². The Labute approximate surface area is 170 Å². The Balaban J connectivity index is 1.42. The van der Waals surface area contributed by atoms with Gasteiger partial charge in [0.15, 0.2) is 5.65 Å². The lowest BCUT2D eigenvalue weighted by molar-refractivity contribution is -0.138. The van der Waals surface area contributed by atoms with E-state index in [1.54, 1.807) is 9.58 Å². The molecule has 30 heavy (non-hydrogen) atoms. The van der Waals surface area contributed by atoms with Gasteiger partial charge in [-0.2, -0.15) is 5.10 Å². The SMILES string of the molecule is O=C(C1CCC1c1nc2c(cnn2C2CCC(F)(F)CC2)c(=O)[nH]1)N1CCC(F)C1. The molecular formula is C20H24F3N5O2. The number of aromatic amines is 1. The van der Waals surface area contributed by atoms with Gasteiger partial charge in [0.1, 0.15) is 17.4 Å². The van der Waals surface area contributed by atoms with Crippen molar-refractivity contribution < 1.29 is 18.0 Å². The Kier molecular flexibility index (Phi) is 4.62. The molecule has 1 amide bonds. The summed E-state index contributed by atoms with van der Waals surface area (Å²) < 4.78 is 42.1. The number of fused-ring (bicyclic) bond motifs is 1. The second kappa shape index (κ2) is 7.09. The topological polar surface area (TPSA) is 83.9 Å². The van der Waals surface area contributed by atoms with Crippen molar-refractivity contribution in [2.75, 3.05) is 13.1 Å². The fraction of sp³-hybridized carbons (Fsp3) is 0.700. The average molecular weight is 423 g/mol. The van der Waals surface area contributed by atoms with Crippen LogP contribution in [0.15, 0.2) is 11.0 Å². The van der Waals surface area contributed by atoms with E-state index >= 15 is 0 Å². The predicted octanol–water partition coefficient (Wildman–Crippen LogP) is 2.93. The fourth-order valence-electron chi connectivity index (χ4n) is 4.94. The summed E-state index contributed by atoms with van der Waals surface area (Å²) in [6.45, 7) is 0.551. The van der Waals surface area contributed by atoms with Gasteiger partial charge in [0.25, 0.3) is 5.56 Å². The minimum absolute atomic E-state index is 0.0860. The molecule has 1 N–H and O–H groups in total. The molecule has 162 valence electrons. The van der Waals surface area contributed by atoms with Crippen LogP contribution < -0.4 is 5.56 Å². The van der Waals surface area contributed by atoms with Crippen molar-refractivity contribution in [1.82, 2.24) is 24.6 Å². The molecule has 1 saturated heterocycles. The molecule has 2 aliphatic carbocycles. The van der Waals surface area contributed by atoms with E-state index < -0.39 is 12.1 Å². The van der Waals surface area contributed by atoms with Crippen LogP contribution in [-0.2, 0) is 4.79 Å². The molecule has 10 heteroatoms. The Morgan fingerprint density at radius 1 is 1.17 bits per heavy atom. The van der Waals surface area contributed by atoms with Crippen LogP contribution in [0.4, 0.5) is 13.2 Å². The van der Waals surface area contributed by atoms with E-state index in [0.29, 0.717) is 42.7 Å². The minimum atomic E-state index is -2.65. The third kappa shape index (κ3) is 3.30. The summed E-state index contributed by atoms with van der Waals surface area (Å²) in [7, 11) is 0. The summed E-state index contributed by atoms with van der Waals surface area (Å²) in [6, 6.07) is -0.228. The zero-order chi connectivity index (χ0) is 21.0. The minimum Gasteiger partial charge on any atom is -0.339 e. The van der Waals surface area contributed by atoms with Crippen LogP contribution in [0, 0.1) is 5.92 Å². The van der Waals surface area contributed by atoms with Crippen LogP contribution in [0.2, 0.25) is 0 Å². The Bertz CT molecular complexity index is 1030. The van der Waals surface area contributed by atoms with Crippen molar-refractivity contribution in [3.05, 3.63) is 22.4 Å². The number of H-pyrrole nitrogens is 1. The molecule has 2 aromatic heterocycles. The van der Waals surface area contributed by atoms with E-state index in [1.807, 2.05) is 0 Å². The zero-order valence-electron chi connectivity index (χ0n) is 16.5. The van der Waals surface area contributed by atoms with Gasteiger partial charge in [-0.15, -0.1) is 0 Å². The van der Waals surface area contributed by atoms with Gasteiger partial charge in [-0.3, -0.25) is 9.59 Å². The average Bonchev–Trinajstić information content (AvgIpc) is 3.28. The highest BCUT2D eigenvalue weighted by Crippen LogP contribution is 2.43. The maximum Gasteiger partial charge on any atom is 0.262 e. The Morgan fingerprint density at radius 2 is 1.93 bits per heavy atom. The lowest BCUT2D eigenvalue weighted by Gasteiger charge is -2.37. The summed E-state index contributed by atoms with van der Waals surface area (Å²) in [5, 5.41) is 4.59. The largest absolute Gasteiger partial charge is 0.339 e. The molecule has 0 bridgehead atoms. The highest BCUT2D eigenvalue weighted by atomic mass is 19.3. The van der Waals surface area contributed by atoms with E-state index in [-0.39, 0.29) is 61.6 Å². The van der Waals surface area contributed by atoms with Gasteiger partial charge >= 0.3 is 0 Å². The van der Waals surface area contributed by atoms with Gasteiger partial charge in [-0.1, -0.05) is 0 Å². The van der Waals surface area contributed by atoms with Gasteiger partial charge in [0.05, 0.1) is 18.8 Å². The summed E-state index contributed by atoms with van der Waals surface area (Å²) in [5.41, 5.74) is 0.0394. The molecule has 2 aromatic rings. The first-order valence-electron chi connectivity index (χ1n) is 10.6. The first-order chi connectivity index (χ1) is 14.3. The maximum atomic E-state index is 13.5. The molecule has 0 spiro atoms. The number of rotatable bonds is 3. The number of halogens is 3. The standard InChI is InChI=1S/C20H24F3N5O2/c21-11-5-8-27(10-11)19(30)14-2-1-13(14)16-25-17-15(18(29)26-16)9-24-28(17)12-3-6-20(22,23)7-4-12/h9,11-14H,1-8,10H2,(H,25,26,29). The number of alkyl halides is 3. The second-order valence-electron chi connectivity index (χ2n) is 8.83. The molecule has 0 radical (unpaired) electrons. The highest BCUT2D eigenvalue weighted by molar-refractivity contribution is 5.81. The lowest BCUT2D eigenvalue weighted by Crippen LogP contribution is -2.42. The molecule has 3 atom stereocenters. The fourth-order valence-corrected chi connectivity index (χ4v) is 4.94. The van der Waals surface area contributed by atoms with E-state index in [4.69, 9.17) is 0 Å². The van der Waals surface area contributed by atoms with Crippen molar-refractivity contribution in [2.45, 2.75) is 69.0 Å². The number of carbonyl (C=O) groups excluding carboxylic acids is 1. The predicted molar refractivity (Wildman–Crippen MR) is 102 cm³/mol. The van der Waals surface area contributed by atoms with Crippen molar-refractivity contribution in [1.29, 1.82) is 0 Å². The van der Waals surface area contributed by atoms with Gasteiger partial charge in [0.2, 0.25) is 11.8 Å². The molecule has 5 rings (SSSR count). The van der Waals surface area contributed by atoms with Gasteiger partial charge in [-0.05, 0) is 32.1 Å². The number of nitrogens with one attached hydrogen (secondary N) is 1. The van der Waals surface area contributed by atoms with Crippen molar-refractivity contribution in [2.24, 2.45) is 5.92 Å². The molecule has 3 unspecified atom stereocenters. The van der Waals surface area contributed by atoms with Crippen LogP contribution >= 0.6 is 0 Å². The molecular weight excluding hydrogens is 399 g/mol. The third-order valence-corrected chi connectivity index (χ3v) is 6.90. The summed E-state index contributed by atoms with van der Waals surface area (Å²) >= 11 is 0. The Hall–Kier alpha value is -2.39. The van der Waals surface area contributed by atoms with Gasteiger partial charge < -0.3 is 9.88 Å². The van der Waals surface area contributed by atoms with Crippen molar-refractivity contribution in [3.8, 4) is 0 Å². The molecule has 2 saturated carbocycles. The third-order valence-electron chi connectivity index (χ3n) is 6.90.